The maximum absolute atomic E-state index is 12.4. The van der Waals surface area contributed by atoms with Crippen molar-refractivity contribution < 1.29 is 4.79 Å². The molecule has 0 fully saturated rings. The molecule has 1 rings (SSSR count). The van der Waals surface area contributed by atoms with Crippen LogP contribution in [0.4, 0.5) is 0 Å². The standard InChI is InChI=1S/C18H30N2O/c1-5-7-16-8-10-17(11-9-16)18(21)15-20(12-6-2)14-13-19(3)4/h8-11H,5-7,12-15H2,1-4H3. The van der Waals surface area contributed by atoms with Gasteiger partial charge in [-0.25, -0.2) is 0 Å². The Morgan fingerprint density at radius 3 is 2.14 bits per heavy atom. The van der Waals surface area contributed by atoms with Crippen molar-refractivity contribution in [2.75, 3.05) is 40.3 Å². The van der Waals surface area contributed by atoms with Gasteiger partial charge in [0.2, 0.25) is 0 Å². The average molecular weight is 290 g/mol. The zero-order valence-corrected chi connectivity index (χ0v) is 14.1. The molecule has 0 heterocycles. The lowest BCUT2D eigenvalue weighted by molar-refractivity contribution is 0.0925. The summed E-state index contributed by atoms with van der Waals surface area (Å²) in [7, 11) is 4.14. The molecule has 0 saturated heterocycles. The van der Waals surface area contributed by atoms with E-state index in [0.29, 0.717) is 6.54 Å². The fraction of sp³-hybridized carbons (Fsp3) is 0.611. The predicted octanol–water partition coefficient (Wildman–Crippen LogP) is 3.10. The third-order valence-electron chi connectivity index (χ3n) is 3.59. The summed E-state index contributed by atoms with van der Waals surface area (Å²) in [5.74, 6) is 0.227. The fourth-order valence-electron chi connectivity index (χ4n) is 2.37. The smallest absolute Gasteiger partial charge is 0.176 e. The molecule has 21 heavy (non-hydrogen) atoms. The number of hydrogen-bond donors (Lipinski definition) is 0. The number of benzene rings is 1. The molecule has 0 aliphatic carbocycles. The quantitative estimate of drug-likeness (QED) is 0.619. The summed E-state index contributed by atoms with van der Waals surface area (Å²) in [6.07, 6.45) is 3.30. The molecule has 0 bridgehead atoms. The summed E-state index contributed by atoms with van der Waals surface area (Å²) < 4.78 is 0. The number of carbonyl (C=O) groups excluding carboxylic acids is 1. The molecule has 0 aliphatic heterocycles. The molecule has 0 unspecified atom stereocenters. The number of Topliss-reactive ketones (excluding diaryl/α,β-unsaturated/α-hetero) is 1. The Morgan fingerprint density at radius 2 is 1.62 bits per heavy atom. The van der Waals surface area contributed by atoms with E-state index >= 15 is 0 Å². The van der Waals surface area contributed by atoms with Gasteiger partial charge in [0.25, 0.3) is 0 Å². The number of likely N-dealkylation sites (N-methyl/N-ethyl adjacent to an activating group) is 1. The normalized spacial score (nSPS) is 11.3. The van der Waals surface area contributed by atoms with Gasteiger partial charge in [0.1, 0.15) is 0 Å². The number of hydrogen-bond acceptors (Lipinski definition) is 3. The molecule has 3 heteroatoms. The Labute approximate surface area is 129 Å². The van der Waals surface area contributed by atoms with Crippen LogP contribution in [-0.4, -0.2) is 55.9 Å². The lowest BCUT2D eigenvalue weighted by Gasteiger charge is -2.22. The van der Waals surface area contributed by atoms with Crippen LogP contribution in [0, 0.1) is 0 Å². The van der Waals surface area contributed by atoms with Gasteiger partial charge in [-0.2, -0.15) is 0 Å². The van der Waals surface area contributed by atoms with Crippen molar-refractivity contribution in [2.24, 2.45) is 0 Å². The second-order valence-electron chi connectivity index (χ2n) is 5.95. The minimum absolute atomic E-state index is 0.227. The summed E-state index contributed by atoms with van der Waals surface area (Å²) >= 11 is 0. The van der Waals surface area contributed by atoms with Crippen molar-refractivity contribution in [3.05, 3.63) is 35.4 Å². The van der Waals surface area contributed by atoms with E-state index < -0.39 is 0 Å². The first-order valence-electron chi connectivity index (χ1n) is 8.06. The highest BCUT2D eigenvalue weighted by Gasteiger charge is 2.12. The zero-order chi connectivity index (χ0) is 15.7. The summed E-state index contributed by atoms with van der Waals surface area (Å²) in [4.78, 5) is 16.8. The van der Waals surface area contributed by atoms with E-state index in [1.165, 1.54) is 5.56 Å². The van der Waals surface area contributed by atoms with Crippen LogP contribution in [-0.2, 0) is 6.42 Å². The van der Waals surface area contributed by atoms with Crippen LogP contribution in [0.5, 0.6) is 0 Å². The van der Waals surface area contributed by atoms with Gasteiger partial charge < -0.3 is 4.90 Å². The van der Waals surface area contributed by atoms with E-state index in [0.717, 1.165) is 44.5 Å². The number of nitrogens with zero attached hydrogens (tertiary/aromatic N) is 2. The second kappa shape index (κ2) is 9.69. The minimum Gasteiger partial charge on any atom is -0.308 e. The van der Waals surface area contributed by atoms with Crippen LogP contribution in [0.25, 0.3) is 0 Å². The van der Waals surface area contributed by atoms with E-state index in [2.05, 4.69) is 49.9 Å². The number of aryl methyl sites for hydroxylation is 1. The first-order chi connectivity index (χ1) is 10.1. The predicted molar refractivity (Wildman–Crippen MR) is 90.1 cm³/mol. The summed E-state index contributed by atoms with van der Waals surface area (Å²) in [6, 6.07) is 8.12. The lowest BCUT2D eigenvalue weighted by atomic mass is 10.1. The Morgan fingerprint density at radius 1 is 0.952 bits per heavy atom. The van der Waals surface area contributed by atoms with E-state index in [-0.39, 0.29) is 5.78 Å². The summed E-state index contributed by atoms with van der Waals surface area (Å²) in [5.41, 5.74) is 2.15. The van der Waals surface area contributed by atoms with Crippen molar-refractivity contribution in [3.8, 4) is 0 Å². The molecule has 0 atom stereocenters. The number of ketones is 1. The van der Waals surface area contributed by atoms with E-state index in [1.807, 2.05) is 12.1 Å². The highest BCUT2D eigenvalue weighted by Crippen LogP contribution is 2.08. The van der Waals surface area contributed by atoms with Crippen molar-refractivity contribution >= 4 is 5.78 Å². The van der Waals surface area contributed by atoms with Gasteiger partial charge in [-0.05, 0) is 39.0 Å². The number of rotatable bonds is 10. The Balaban J connectivity index is 2.58. The minimum atomic E-state index is 0.227. The molecule has 0 spiro atoms. The molecule has 0 N–H and O–H groups in total. The van der Waals surface area contributed by atoms with Crippen molar-refractivity contribution in [1.82, 2.24) is 9.80 Å². The van der Waals surface area contributed by atoms with E-state index in [9.17, 15) is 4.79 Å². The van der Waals surface area contributed by atoms with Crippen LogP contribution in [0.3, 0.4) is 0 Å². The third kappa shape index (κ3) is 6.87. The van der Waals surface area contributed by atoms with Crippen LogP contribution < -0.4 is 0 Å². The Hall–Kier alpha value is -1.19. The van der Waals surface area contributed by atoms with E-state index in [1.54, 1.807) is 0 Å². The van der Waals surface area contributed by atoms with Gasteiger partial charge in [0, 0.05) is 18.7 Å². The van der Waals surface area contributed by atoms with Gasteiger partial charge in [-0.3, -0.25) is 9.69 Å². The topological polar surface area (TPSA) is 23.6 Å². The van der Waals surface area contributed by atoms with Gasteiger partial charge in [-0.1, -0.05) is 44.5 Å². The molecule has 1 aromatic carbocycles. The highest BCUT2D eigenvalue weighted by atomic mass is 16.1. The first-order valence-corrected chi connectivity index (χ1v) is 8.06. The van der Waals surface area contributed by atoms with Crippen molar-refractivity contribution in [1.29, 1.82) is 0 Å². The number of carbonyl (C=O) groups is 1. The molecular weight excluding hydrogens is 260 g/mol. The third-order valence-corrected chi connectivity index (χ3v) is 3.59. The van der Waals surface area contributed by atoms with Crippen molar-refractivity contribution in [3.63, 3.8) is 0 Å². The SMILES string of the molecule is CCCc1ccc(C(=O)CN(CCC)CCN(C)C)cc1. The van der Waals surface area contributed by atoms with Crippen molar-refractivity contribution in [2.45, 2.75) is 33.1 Å². The molecule has 0 aromatic heterocycles. The maximum atomic E-state index is 12.4. The van der Waals surface area contributed by atoms with Gasteiger partial charge in [0.15, 0.2) is 5.78 Å². The van der Waals surface area contributed by atoms with Crippen LogP contribution in [0.2, 0.25) is 0 Å². The molecule has 0 aliphatic rings. The first kappa shape index (κ1) is 17.9. The molecule has 0 amide bonds. The fourth-order valence-corrected chi connectivity index (χ4v) is 2.37. The Bertz CT molecular complexity index is 412. The average Bonchev–Trinajstić information content (AvgIpc) is 2.46. The molecule has 118 valence electrons. The summed E-state index contributed by atoms with van der Waals surface area (Å²) in [5, 5.41) is 0. The second-order valence-corrected chi connectivity index (χ2v) is 5.95. The van der Waals surface area contributed by atoms with Crippen LogP contribution >= 0.6 is 0 Å². The molecular formula is C18H30N2O. The zero-order valence-electron chi connectivity index (χ0n) is 14.1. The highest BCUT2D eigenvalue weighted by molar-refractivity contribution is 5.97. The molecule has 0 saturated carbocycles. The lowest BCUT2D eigenvalue weighted by Crippen LogP contribution is -2.36. The van der Waals surface area contributed by atoms with E-state index in [4.69, 9.17) is 0 Å². The molecule has 3 nitrogen and oxygen atoms in total. The van der Waals surface area contributed by atoms with Crippen LogP contribution in [0.15, 0.2) is 24.3 Å². The molecule has 1 aromatic rings. The van der Waals surface area contributed by atoms with Gasteiger partial charge in [-0.15, -0.1) is 0 Å². The summed E-state index contributed by atoms with van der Waals surface area (Å²) in [6.45, 7) is 7.77. The Kier molecular flexibility index (Phi) is 8.24. The van der Waals surface area contributed by atoms with Gasteiger partial charge in [0.05, 0.1) is 6.54 Å². The largest absolute Gasteiger partial charge is 0.308 e. The monoisotopic (exact) mass is 290 g/mol. The van der Waals surface area contributed by atoms with Crippen LogP contribution in [0.1, 0.15) is 42.6 Å². The maximum Gasteiger partial charge on any atom is 0.176 e. The molecule has 0 radical (unpaired) electrons. The van der Waals surface area contributed by atoms with Gasteiger partial charge >= 0.3 is 0 Å².